The molecule has 1 fully saturated rings. The zero-order chi connectivity index (χ0) is 9.26. The van der Waals surface area contributed by atoms with Gasteiger partial charge in [-0.25, -0.2) is 0 Å². The van der Waals surface area contributed by atoms with Gasteiger partial charge >= 0.3 is 5.97 Å². The summed E-state index contributed by atoms with van der Waals surface area (Å²) in [6, 6.07) is 10.0. The second-order valence-corrected chi connectivity index (χ2v) is 4.20. The first kappa shape index (κ1) is 8.63. The molecule has 68 valence electrons. The molecule has 0 amide bonds. The van der Waals surface area contributed by atoms with Gasteiger partial charge in [-0.05, 0) is 5.56 Å². The van der Waals surface area contributed by atoms with Crippen molar-refractivity contribution in [3.63, 3.8) is 0 Å². The number of benzene rings is 1. The van der Waals surface area contributed by atoms with Crippen LogP contribution in [0.3, 0.4) is 0 Å². The Kier molecular flexibility index (Phi) is 2.27. The molecular weight excluding hydrogens is 184 g/mol. The molecule has 2 nitrogen and oxygen atoms in total. The van der Waals surface area contributed by atoms with Gasteiger partial charge in [0.25, 0.3) is 0 Å². The Morgan fingerprint density at radius 2 is 2.08 bits per heavy atom. The van der Waals surface area contributed by atoms with E-state index in [1.54, 1.807) is 11.8 Å². The van der Waals surface area contributed by atoms with E-state index in [2.05, 4.69) is 4.74 Å². The number of carbonyl (C=O) groups is 1. The summed E-state index contributed by atoms with van der Waals surface area (Å²) in [7, 11) is 1.43. The van der Waals surface area contributed by atoms with Crippen LogP contribution >= 0.6 is 11.8 Å². The average Bonchev–Trinajstić information content (AvgIpc) is 2.98. The molecule has 1 aliphatic rings. The number of hydrogen-bond acceptors (Lipinski definition) is 3. The van der Waals surface area contributed by atoms with E-state index in [1.165, 1.54) is 12.7 Å². The molecule has 1 aromatic carbocycles. The lowest BCUT2D eigenvalue weighted by molar-refractivity contribution is -0.139. The highest BCUT2D eigenvalue weighted by atomic mass is 32.2. The van der Waals surface area contributed by atoms with E-state index in [1.807, 2.05) is 30.3 Å². The lowest BCUT2D eigenvalue weighted by Crippen LogP contribution is -2.08. The van der Waals surface area contributed by atoms with Gasteiger partial charge in [0.2, 0.25) is 0 Å². The Hall–Kier alpha value is -0.960. The third kappa shape index (κ3) is 1.70. The highest BCUT2D eigenvalue weighted by Gasteiger charge is 2.46. The van der Waals surface area contributed by atoms with Gasteiger partial charge < -0.3 is 4.74 Å². The summed E-state index contributed by atoms with van der Waals surface area (Å²) in [6.45, 7) is 0. The van der Waals surface area contributed by atoms with Crippen LogP contribution in [0.5, 0.6) is 0 Å². The number of hydrogen-bond donors (Lipinski definition) is 0. The minimum absolute atomic E-state index is 0.0207. The fourth-order valence-corrected chi connectivity index (χ4v) is 2.32. The van der Waals surface area contributed by atoms with Gasteiger partial charge in [-0.1, -0.05) is 30.3 Å². The molecule has 0 radical (unpaired) electrons. The van der Waals surface area contributed by atoms with Gasteiger partial charge in [0.1, 0.15) is 5.25 Å². The van der Waals surface area contributed by atoms with E-state index in [4.69, 9.17) is 0 Å². The van der Waals surface area contributed by atoms with Gasteiger partial charge in [-0.3, -0.25) is 4.79 Å². The average molecular weight is 194 g/mol. The monoisotopic (exact) mass is 194 g/mol. The highest BCUT2D eigenvalue weighted by molar-refractivity contribution is 8.08. The first-order valence-corrected chi connectivity index (χ1v) is 5.05. The van der Waals surface area contributed by atoms with Crippen molar-refractivity contribution in [2.75, 3.05) is 7.11 Å². The fourth-order valence-electron chi connectivity index (χ4n) is 1.30. The van der Waals surface area contributed by atoms with Crippen molar-refractivity contribution >= 4 is 17.7 Å². The lowest BCUT2D eigenvalue weighted by Gasteiger charge is -1.96. The predicted molar refractivity (Wildman–Crippen MR) is 52.6 cm³/mol. The third-order valence-electron chi connectivity index (χ3n) is 2.05. The molecule has 0 aromatic heterocycles. The Morgan fingerprint density at radius 3 is 2.69 bits per heavy atom. The second kappa shape index (κ2) is 3.42. The van der Waals surface area contributed by atoms with Crippen LogP contribution in [0.4, 0.5) is 0 Å². The molecule has 0 spiro atoms. The van der Waals surface area contributed by atoms with Crippen LogP contribution in [0, 0.1) is 0 Å². The maximum atomic E-state index is 11.1. The molecule has 13 heavy (non-hydrogen) atoms. The number of thioether (sulfide) groups is 1. The number of carbonyl (C=O) groups excluding carboxylic acids is 1. The molecule has 1 saturated heterocycles. The van der Waals surface area contributed by atoms with E-state index >= 15 is 0 Å². The van der Waals surface area contributed by atoms with E-state index in [-0.39, 0.29) is 11.2 Å². The molecule has 2 unspecified atom stereocenters. The maximum Gasteiger partial charge on any atom is 0.320 e. The summed E-state index contributed by atoms with van der Waals surface area (Å²) < 4.78 is 4.67. The number of ether oxygens (including phenoxy) is 1. The summed E-state index contributed by atoms with van der Waals surface area (Å²) in [5.74, 6) is -0.112. The van der Waals surface area contributed by atoms with Gasteiger partial charge in [0.15, 0.2) is 0 Å². The molecule has 0 aliphatic carbocycles. The molecule has 0 N–H and O–H groups in total. The Bertz CT molecular complexity index is 310. The Morgan fingerprint density at radius 1 is 1.38 bits per heavy atom. The number of esters is 1. The second-order valence-electron chi connectivity index (χ2n) is 2.91. The van der Waals surface area contributed by atoms with Gasteiger partial charge in [-0.15, -0.1) is 11.8 Å². The quantitative estimate of drug-likeness (QED) is 0.532. The topological polar surface area (TPSA) is 26.3 Å². The van der Waals surface area contributed by atoms with Crippen molar-refractivity contribution in [2.24, 2.45) is 0 Å². The van der Waals surface area contributed by atoms with Crippen molar-refractivity contribution in [3.8, 4) is 0 Å². The first-order chi connectivity index (χ1) is 6.33. The lowest BCUT2D eigenvalue weighted by atomic mass is 10.1. The Balaban J connectivity index is 2.04. The Labute approximate surface area is 81.3 Å². The predicted octanol–water partition coefficient (Wildman–Crippen LogP) is 2.02. The zero-order valence-electron chi connectivity index (χ0n) is 7.27. The van der Waals surface area contributed by atoms with Crippen LogP contribution in [-0.4, -0.2) is 18.3 Å². The van der Waals surface area contributed by atoms with E-state index < -0.39 is 0 Å². The third-order valence-corrected chi connectivity index (χ3v) is 3.33. The summed E-state index contributed by atoms with van der Waals surface area (Å²) in [4.78, 5) is 11.1. The minimum atomic E-state index is -0.112. The van der Waals surface area contributed by atoms with Crippen molar-refractivity contribution in [1.82, 2.24) is 0 Å². The molecule has 1 heterocycles. The highest BCUT2D eigenvalue weighted by Crippen LogP contribution is 2.55. The smallest absolute Gasteiger partial charge is 0.320 e. The molecule has 0 bridgehead atoms. The van der Waals surface area contributed by atoms with E-state index in [0.717, 1.165) is 0 Å². The summed E-state index contributed by atoms with van der Waals surface area (Å²) >= 11 is 1.65. The van der Waals surface area contributed by atoms with Crippen molar-refractivity contribution in [2.45, 2.75) is 10.5 Å². The van der Waals surface area contributed by atoms with Crippen LogP contribution in [0.1, 0.15) is 10.8 Å². The van der Waals surface area contributed by atoms with Crippen molar-refractivity contribution in [1.29, 1.82) is 0 Å². The standard InChI is InChI=1S/C10H10O2S/c1-12-10(11)9-8(13-9)7-5-3-2-4-6-7/h2-6,8-9H,1H3. The van der Waals surface area contributed by atoms with Crippen LogP contribution in [0.25, 0.3) is 0 Å². The normalized spacial score (nSPS) is 25.3. The van der Waals surface area contributed by atoms with E-state index in [9.17, 15) is 4.79 Å². The van der Waals surface area contributed by atoms with E-state index in [0.29, 0.717) is 5.25 Å². The summed E-state index contributed by atoms with van der Waals surface area (Å²) in [6.07, 6.45) is 0. The van der Waals surface area contributed by atoms with Crippen LogP contribution in [0.2, 0.25) is 0 Å². The van der Waals surface area contributed by atoms with Gasteiger partial charge in [0.05, 0.1) is 12.4 Å². The zero-order valence-corrected chi connectivity index (χ0v) is 8.08. The van der Waals surface area contributed by atoms with Gasteiger partial charge in [-0.2, -0.15) is 0 Å². The van der Waals surface area contributed by atoms with Crippen LogP contribution in [0.15, 0.2) is 30.3 Å². The van der Waals surface area contributed by atoms with Gasteiger partial charge in [0, 0.05) is 0 Å². The molecule has 1 aliphatic heterocycles. The minimum Gasteiger partial charge on any atom is -0.468 e. The molecular formula is C10H10O2S. The largest absolute Gasteiger partial charge is 0.468 e. The molecule has 1 aromatic rings. The molecule has 3 heteroatoms. The van der Waals surface area contributed by atoms with Crippen LogP contribution < -0.4 is 0 Å². The summed E-state index contributed by atoms with van der Waals surface area (Å²) in [5, 5.41) is 0.334. The number of methoxy groups -OCH3 is 1. The summed E-state index contributed by atoms with van der Waals surface area (Å²) in [5.41, 5.74) is 1.21. The fraction of sp³-hybridized carbons (Fsp3) is 0.300. The maximum absolute atomic E-state index is 11.1. The van der Waals surface area contributed by atoms with Crippen LogP contribution in [-0.2, 0) is 9.53 Å². The van der Waals surface area contributed by atoms with Crippen molar-refractivity contribution in [3.05, 3.63) is 35.9 Å². The molecule has 0 saturated carbocycles. The van der Waals surface area contributed by atoms with Crippen molar-refractivity contribution < 1.29 is 9.53 Å². The molecule has 2 rings (SSSR count). The number of rotatable bonds is 2. The first-order valence-electron chi connectivity index (χ1n) is 4.11. The SMILES string of the molecule is COC(=O)C1SC1c1ccccc1. The molecule has 2 atom stereocenters.